The highest BCUT2D eigenvalue weighted by atomic mass is 16.5. The van der Waals surface area contributed by atoms with Crippen LogP contribution in [0.2, 0.25) is 0 Å². The third kappa shape index (κ3) is 2.04. The van der Waals surface area contributed by atoms with E-state index in [1.54, 1.807) is 0 Å². The minimum Gasteiger partial charge on any atom is -0.468 e. The van der Waals surface area contributed by atoms with E-state index in [0.717, 1.165) is 12.3 Å². The van der Waals surface area contributed by atoms with Crippen LogP contribution in [-0.2, 0) is 9.53 Å². The minimum absolute atomic E-state index is 0.526. The Morgan fingerprint density at radius 2 is 2.33 bits per heavy atom. The molecule has 0 aliphatic heterocycles. The summed E-state index contributed by atoms with van der Waals surface area (Å²) < 4.78 is 4.56. The van der Waals surface area contributed by atoms with Crippen molar-refractivity contribution in [2.45, 2.75) is 25.7 Å². The standard InChI is InChI=1S/C7H12O2/c8-6-9-5-4-7-2-1-3-7/h6-7H,1-5H2. The van der Waals surface area contributed by atoms with E-state index in [2.05, 4.69) is 4.74 Å². The number of hydrogen-bond acceptors (Lipinski definition) is 2. The van der Waals surface area contributed by atoms with Crippen molar-refractivity contribution in [3.8, 4) is 0 Å². The van der Waals surface area contributed by atoms with E-state index >= 15 is 0 Å². The molecule has 1 aliphatic rings. The van der Waals surface area contributed by atoms with Crippen molar-refractivity contribution in [2.24, 2.45) is 5.92 Å². The number of carbonyl (C=O) groups is 1. The molecule has 1 saturated carbocycles. The number of hydrogen-bond donors (Lipinski definition) is 0. The second kappa shape index (κ2) is 3.49. The lowest BCUT2D eigenvalue weighted by Crippen LogP contribution is -2.13. The van der Waals surface area contributed by atoms with Crippen LogP contribution in [0, 0.1) is 5.92 Å². The Hall–Kier alpha value is -0.530. The Morgan fingerprint density at radius 1 is 1.56 bits per heavy atom. The predicted octanol–water partition coefficient (Wildman–Crippen LogP) is 1.35. The van der Waals surface area contributed by atoms with Gasteiger partial charge < -0.3 is 4.74 Å². The van der Waals surface area contributed by atoms with E-state index in [-0.39, 0.29) is 0 Å². The molecule has 2 nitrogen and oxygen atoms in total. The molecular formula is C7H12O2. The van der Waals surface area contributed by atoms with Crippen molar-refractivity contribution >= 4 is 6.47 Å². The SMILES string of the molecule is O=COCCC1CCC1. The van der Waals surface area contributed by atoms with Crippen LogP contribution in [0.1, 0.15) is 25.7 Å². The zero-order valence-electron chi connectivity index (χ0n) is 5.51. The molecule has 0 radical (unpaired) electrons. The normalized spacial score (nSPS) is 18.7. The average molecular weight is 128 g/mol. The van der Waals surface area contributed by atoms with Gasteiger partial charge in [0.25, 0.3) is 6.47 Å². The third-order valence-electron chi connectivity index (χ3n) is 1.94. The molecule has 0 aromatic rings. The molecule has 0 spiro atoms. The lowest BCUT2D eigenvalue weighted by atomic mass is 9.83. The summed E-state index contributed by atoms with van der Waals surface area (Å²) in [5.74, 6) is 0.852. The van der Waals surface area contributed by atoms with E-state index in [0.29, 0.717) is 13.1 Å². The molecule has 0 amide bonds. The van der Waals surface area contributed by atoms with Gasteiger partial charge in [-0.05, 0) is 12.3 Å². The Kier molecular flexibility index (Phi) is 2.55. The van der Waals surface area contributed by atoms with Crippen molar-refractivity contribution in [1.29, 1.82) is 0 Å². The van der Waals surface area contributed by atoms with Gasteiger partial charge in [0.1, 0.15) is 0 Å². The smallest absolute Gasteiger partial charge is 0.293 e. The van der Waals surface area contributed by atoms with Crippen LogP contribution in [0.15, 0.2) is 0 Å². The summed E-state index contributed by atoms with van der Waals surface area (Å²) in [5, 5.41) is 0. The average Bonchev–Trinajstić information content (AvgIpc) is 1.76. The number of rotatable bonds is 4. The first-order valence-corrected chi connectivity index (χ1v) is 3.48. The van der Waals surface area contributed by atoms with Crippen LogP contribution in [0.5, 0.6) is 0 Å². The molecule has 0 atom stereocenters. The summed E-state index contributed by atoms with van der Waals surface area (Å²) in [6.45, 7) is 1.15. The van der Waals surface area contributed by atoms with E-state index in [4.69, 9.17) is 0 Å². The highest BCUT2D eigenvalue weighted by Crippen LogP contribution is 2.28. The molecule has 1 rings (SSSR count). The van der Waals surface area contributed by atoms with Crippen molar-refractivity contribution in [2.75, 3.05) is 6.61 Å². The zero-order chi connectivity index (χ0) is 6.53. The highest BCUT2D eigenvalue weighted by Gasteiger charge is 2.16. The first-order chi connectivity index (χ1) is 4.43. The Balaban J connectivity index is 1.85. The summed E-state index contributed by atoms with van der Waals surface area (Å²) >= 11 is 0. The van der Waals surface area contributed by atoms with Gasteiger partial charge in [-0.15, -0.1) is 0 Å². The van der Waals surface area contributed by atoms with Gasteiger partial charge in [-0.1, -0.05) is 19.3 Å². The van der Waals surface area contributed by atoms with Crippen molar-refractivity contribution in [1.82, 2.24) is 0 Å². The van der Waals surface area contributed by atoms with Crippen LogP contribution in [0.25, 0.3) is 0 Å². The lowest BCUT2D eigenvalue weighted by molar-refractivity contribution is -0.129. The molecule has 52 valence electrons. The molecule has 1 fully saturated rings. The summed E-state index contributed by atoms with van der Waals surface area (Å²) in [7, 11) is 0. The summed E-state index contributed by atoms with van der Waals surface area (Å²) in [5.41, 5.74) is 0. The molecule has 9 heavy (non-hydrogen) atoms. The molecular weight excluding hydrogens is 116 g/mol. The molecule has 0 bridgehead atoms. The maximum Gasteiger partial charge on any atom is 0.293 e. The number of carbonyl (C=O) groups excluding carboxylic acids is 1. The zero-order valence-corrected chi connectivity index (χ0v) is 5.51. The fraction of sp³-hybridized carbons (Fsp3) is 0.857. The van der Waals surface area contributed by atoms with E-state index in [1.807, 2.05) is 0 Å². The second-order valence-corrected chi connectivity index (χ2v) is 2.55. The first kappa shape index (κ1) is 6.59. The maximum atomic E-state index is 9.67. The van der Waals surface area contributed by atoms with Gasteiger partial charge >= 0.3 is 0 Å². The van der Waals surface area contributed by atoms with Crippen LogP contribution in [0.3, 0.4) is 0 Å². The predicted molar refractivity (Wildman–Crippen MR) is 34.0 cm³/mol. The van der Waals surface area contributed by atoms with Gasteiger partial charge in [0.15, 0.2) is 0 Å². The highest BCUT2D eigenvalue weighted by molar-refractivity contribution is 5.36. The third-order valence-corrected chi connectivity index (χ3v) is 1.94. The molecule has 0 aromatic carbocycles. The number of ether oxygens (including phenoxy) is 1. The van der Waals surface area contributed by atoms with Crippen LogP contribution >= 0.6 is 0 Å². The van der Waals surface area contributed by atoms with Crippen LogP contribution in [0.4, 0.5) is 0 Å². The monoisotopic (exact) mass is 128 g/mol. The largest absolute Gasteiger partial charge is 0.468 e. The first-order valence-electron chi connectivity index (χ1n) is 3.48. The molecule has 1 aliphatic carbocycles. The Labute approximate surface area is 55.2 Å². The molecule has 0 heterocycles. The quantitative estimate of drug-likeness (QED) is 0.422. The van der Waals surface area contributed by atoms with Crippen LogP contribution < -0.4 is 0 Å². The molecule has 0 N–H and O–H groups in total. The van der Waals surface area contributed by atoms with Gasteiger partial charge in [0, 0.05) is 0 Å². The second-order valence-electron chi connectivity index (χ2n) is 2.55. The van der Waals surface area contributed by atoms with E-state index < -0.39 is 0 Å². The van der Waals surface area contributed by atoms with Crippen LogP contribution in [-0.4, -0.2) is 13.1 Å². The fourth-order valence-electron chi connectivity index (χ4n) is 1.06. The maximum absolute atomic E-state index is 9.67. The van der Waals surface area contributed by atoms with Crippen molar-refractivity contribution < 1.29 is 9.53 Å². The van der Waals surface area contributed by atoms with Gasteiger partial charge in [-0.2, -0.15) is 0 Å². The van der Waals surface area contributed by atoms with Gasteiger partial charge in [0.2, 0.25) is 0 Å². The molecule has 0 aromatic heterocycles. The van der Waals surface area contributed by atoms with E-state index in [1.165, 1.54) is 19.3 Å². The summed E-state index contributed by atoms with van der Waals surface area (Å²) in [4.78, 5) is 9.67. The molecule has 2 heteroatoms. The van der Waals surface area contributed by atoms with Gasteiger partial charge in [0.05, 0.1) is 6.61 Å². The van der Waals surface area contributed by atoms with Gasteiger partial charge in [-0.3, -0.25) is 4.79 Å². The van der Waals surface area contributed by atoms with Gasteiger partial charge in [-0.25, -0.2) is 0 Å². The lowest BCUT2D eigenvalue weighted by Gasteiger charge is -2.24. The fourth-order valence-corrected chi connectivity index (χ4v) is 1.06. The summed E-state index contributed by atoms with van der Waals surface area (Å²) in [6, 6.07) is 0. The minimum atomic E-state index is 0.526. The Bertz CT molecular complexity index is 86.9. The topological polar surface area (TPSA) is 26.3 Å². The van der Waals surface area contributed by atoms with Crippen molar-refractivity contribution in [3.05, 3.63) is 0 Å². The van der Waals surface area contributed by atoms with E-state index in [9.17, 15) is 4.79 Å². The summed E-state index contributed by atoms with van der Waals surface area (Å²) in [6.07, 6.45) is 5.11. The molecule has 0 saturated heterocycles. The molecule has 0 unspecified atom stereocenters. The Morgan fingerprint density at radius 3 is 2.78 bits per heavy atom. The van der Waals surface area contributed by atoms with Crippen molar-refractivity contribution in [3.63, 3.8) is 0 Å².